The van der Waals surface area contributed by atoms with Crippen LogP contribution in [0.25, 0.3) is 11.1 Å². The third-order valence-corrected chi connectivity index (χ3v) is 3.97. The molecule has 0 bridgehead atoms. The molecule has 0 aliphatic heterocycles. The van der Waals surface area contributed by atoms with E-state index >= 15 is 0 Å². The van der Waals surface area contributed by atoms with Crippen molar-refractivity contribution in [2.75, 3.05) is 7.11 Å². The number of pyridine rings is 1. The van der Waals surface area contributed by atoms with E-state index in [4.69, 9.17) is 27.9 Å². The van der Waals surface area contributed by atoms with E-state index in [1.54, 1.807) is 7.11 Å². The predicted molar refractivity (Wildman–Crippen MR) is 85.0 cm³/mol. The fourth-order valence-electron chi connectivity index (χ4n) is 2.22. The van der Waals surface area contributed by atoms with Gasteiger partial charge < -0.3 is 4.74 Å². The van der Waals surface area contributed by atoms with Crippen LogP contribution in [0.4, 0.5) is 0 Å². The van der Waals surface area contributed by atoms with E-state index in [1.165, 1.54) is 0 Å². The Morgan fingerprint density at radius 2 is 1.95 bits per heavy atom. The molecular formula is C16H17Cl2NO. The minimum atomic E-state index is -0.180. The van der Waals surface area contributed by atoms with Crippen LogP contribution in [0.2, 0.25) is 5.02 Å². The summed E-state index contributed by atoms with van der Waals surface area (Å²) in [6.45, 7) is 5.84. The molecule has 0 amide bonds. The van der Waals surface area contributed by atoms with Gasteiger partial charge in [-0.15, -0.1) is 11.6 Å². The zero-order valence-corrected chi connectivity index (χ0v) is 13.5. The lowest BCUT2D eigenvalue weighted by atomic mass is 9.96. The van der Waals surface area contributed by atoms with Gasteiger partial charge in [-0.05, 0) is 38.5 Å². The van der Waals surface area contributed by atoms with Crippen molar-refractivity contribution < 1.29 is 4.74 Å². The summed E-state index contributed by atoms with van der Waals surface area (Å²) in [5.74, 6) is 0.764. The van der Waals surface area contributed by atoms with Gasteiger partial charge in [-0.3, -0.25) is 4.98 Å². The zero-order valence-electron chi connectivity index (χ0n) is 12.0. The molecule has 0 spiro atoms. The molecule has 0 saturated heterocycles. The van der Waals surface area contributed by atoms with Crippen LogP contribution < -0.4 is 4.74 Å². The van der Waals surface area contributed by atoms with E-state index in [-0.39, 0.29) is 5.38 Å². The third kappa shape index (κ3) is 2.77. The number of hydrogen-bond donors (Lipinski definition) is 0. The van der Waals surface area contributed by atoms with Gasteiger partial charge >= 0.3 is 0 Å². The quantitative estimate of drug-likeness (QED) is 0.715. The van der Waals surface area contributed by atoms with E-state index < -0.39 is 0 Å². The van der Waals surface area contributed by atoms with Gasteiger partial charge in [0.25, 0.3) is 0 Å². The van der Waals surface area contributed by atoms with E-state index in [9.17, 15) is 0 Å². The molecule has 0 aliphatic carbocycles. The average Bonchev–Trinajstić information content (AvgIpc) is 2.42. The summed E-state index contributed by atoms with van der Waals surface area (Å²) >= 11 is 12.6. The number of aromatic nitrogens is 1. The standard InChI is InChI=1S/C16H17Cl2NO/c1-9-5-6-12(8-19-9)15-10(2)14(18)7-13(11(3)17)16(15)20-4/h5-8,11H,1-4H3. The smallest absolute Gasteiger partial charge is 0.131 e. The van der Waals surface area contributed by atoms with Crippen molar-refractivity contribution in [1.29, 1.82) is 0 Å². The van der Waals surface area contributed by atoms with Crippen LogP contribution in [0.15, 0.2) is 24.4 Å². The van der Waals surface area contributed by atoms with Crippen molar-refractivity contribution in [3.05, 3.63) is 46.2 Å². The lowest BCUT2D eigenvalue weighted by molar-refractivity contribution is 0.411. The SMILES string of the molecule is COc1c(C(C)Cl)cc(Cl)c(C)c1-c1ccc(C)nc1. The fraction of sp³-hybridized carbons (Fsp3) is 0.312. The maximum absolute atomic E-state index is 6.34. The Morgan fingerprint density at radius 1 is 1.25 bits per heavy atom. The average molecular weight is 310 g/mol. The van der Waals surface area contributed by atoms with Gasteiger partial charge in [-0.25, -0.2) is 0 Å². The van der Waals surface area contributed by atoms with Gasteiger partial charge in [-0.2, -0.15) is 0 Å². The summed E-state index contributed by atoms with van der Waals surface area (Å²) in [5.41, 5.74) is 4.76. The summed E-state index contributed by atoms with van der Waals surface area (Å²) < 4.78 is 5.59. The fourth-order valence-corrected chi connectivity index (χ4v) is 2.60. The van der Waals surface area contributed by atoms with E-state index in [1.807, 2.05) is 45.2 Å². The number of ether oxygens (including phenoxy) is 1. The highest BCUT2D eigenvalue weighted by atomic mass is 35.5. The van der Waals surface area contributed by atoms with Crippen LogP contribution >= 0.6 is 23.2 Å². The second-order valence-corrected chi connectivity index (χ2v) is 5.85. The predicted octanol–water partition coefficient (Wildman–Crippen LogP) is 5.33. The molecule has 2 aromatic rings. The van der Waals surface area contributed by atoms with Crippen LogP contribution in [0.3, 0.4) is 0 Å². The summed E-state index contributed by atoms with van der Waals surface area (Å²) in [6.07, 6.45) is 1.83. The number of hydrogen-bond acceptors (Lipinski definition) is 2. The van der Waals surface area contributed by atoms with Crippen molar-refractivity contribution in [2.45, 2.75) is 26.1 Å². The summed E-state index contributed by atoms with van der Waals surface area (Å²) in [5, 5.41) is 0.504. The van der Waals surface area contributed by atoms with Gasteiger partial charge in [0.05, 0.1) is 12.5 Å². The molecule has 1 heterocycles. The maximum Gasteiger partial charge on any atom is 0.131 e. The van der Waals surface area contributed by atoms with Crippen LogP contribution in [-0.4, -0.2) is 12.1 Å². The Bertz CT molecular complexity index is 621. The highest BCUT2D eigenvalue weighted by Gasteiger charge is 2.19. The van der Waals surface area contributed by atoms with Gasteiger partial charge in [0.1, 0.15) is 5.75 Å². The molecule has 4 heteroatoms. The molecule has 0 N–H and O–H groups in total. The summed E-state index contributed by atoms with van der Waals surface area (Å²) in [4.78, 5) is 4.34. The number of rotatable bonds is 3. The highest BCUT2D eigenvalue weighted by molar-refractivity contribution is 6.32. The van der Waals surface area contributed by atoms with Crippen molar-refractivity contribution in [3.63, 3.8) is 0 Å². The molecule has 1 atom stereocenters. The second kappa shape index (κ2) is 6.02. The lowest BCUT2D eigenvalue weighted by Gasteiger charge is -2.19. The van der Waals surface area contributed by atoms with Gasteiger partial charge in [0.15, 0.2) is 0 Å². The first-order chi connectivity index (χ1) is 9.45. The molecule has 20 heavy (non-hydrogen) atoms. The van der Waals surface area contributed by atoms with Crippen LogP contribution in [0.1, 0.15) is 29.1 Å². The maximum atomic E-state index is 6.34. The Hall–Kier alpha value is -1.25. The van der Waals surface area contributed by atoms with Crippen LogP contribution in [0.5, 0.6) is 5.75 Å². The Morgan fingerprint density at radius 3 is 2.45 bits per heavy atom. The van der Waals surface area contributed by atoms with Gasteiger partial charge in [0, 0.05) is 33.6 Å². The molecule has 2 rings (SSSR count). The first-order valence-electron chi connectivity index (χ1n) is 6.39. The molecule has 2 nitrogen and oxygen atoms in total. The molecule has 0 aliphatic rings. The topological polar surface area (TPSA) is 22.1 Å². The molecule has 106 valence electrons. The second-order valence-electron chi connectivity index (χ2n) is 4.79. The van der Waals surface area contributed by atoms with Gasteiger partial charge in [0.2, 0.25) is 0 Å². The largest absolute Gasteiger partial charge is 0.496 e. The third-order valence-electron chi connectivity index (χ3n) is 3.34. The molecule has 1 unspecified atom stereocenters. The molecule has 1 aromatic carbocycles. The first kappa shape index (κ1) is 15.1. The monoisotopic (exact) mass is 309 g/mol. The number of methoxy groups -OCH3 is 1. The van der Waals surface area contributed by atoms with E-state index in [0.717, 1.165) is 33.7 Å². The Balaban J connectivity index is 2.75. The molecule has 0 fully saturated rings. The lowest BCUT2D eigenvalue weighted by Crippen LogP contribution is -1.99. The number of aryl methyl sites for hydroxylation is 1. The van der Waals surface area contributed by atoms with E-state index in [2.05, 4.69) is 4.98 Å². The molecule has 0 radical (unpaired) electrons. The first-order valence-corrected chi connectivity index (χ1v) is 7.21. The van der Waals surface area contributed by atoms with Gasteiger partial charge in [-0.1, -0.05) is 17.7 Å². The van der Waals surface area contributed by atoms with Crippen molar-refractivity contribution in [3.8, 4) is 16.9 Å². The van der Waals surface area contributed by atoms with E-state index in [0.29, 0.717) is 5.02 Å². The number of benzene rings is 1. The van der Waals surface area contributed by atoms with Crippen molar-refractivity contribution >= 4 is 23.2 Å². The normalized spacial score (nSPS) is 12.3. The Kier molecular flexibility index (Phi) is 4.56. The van der Waals surface area contributed by atoms with Crippen LogP contribution in [0, 0.1) is 13.8 Å². The minimum absolute atomic E-state index is 0.180. The number of alkyl halides is 1. The van der Waals surface area contributed by atoms with Crippen molar-refractivity contribution in [2.24, 2.45) is 0 Å². The molecule has 0 saturated carbocycles. The number of halogens is 2. The summed E-state index contributed by atoms with van der Waals surface area (Å²) in [7, 11) is 1.65. The Labute approximate surface area is 129 Å². The van der Waals surface area contributed by atoms with Crippen molar-refractivity contribution in [1.82, 2.24) is 4.98 Å². The highest BCUT2D eigenvalue weighted by Crippen LogP contribution is 2.43. The number of nitrogens with zero attached hydrogens (tertiary/aromatic N) is 1. The molecular weight excluding hydrogens is 293 g/mol. The molecule has 1 aromatic heterocycles. The van der Waals surface area contributed by atoms with Crippen LogP contribution in [-0.2, 0) is 0 Å². The zero-order chi connectivity index (χ0) is 14.9. The minimum Gasteiger partial charge on any atom is -0.496 e. The summed E-state index contributed by atoms with van der Waals surface area (Å²) in [6, 6.07) is 5.86.